The van der Waals surface area contributed by atoms with Crippen molar-refractivity contribution < 1.29 is 4.74 Å². The van der Waals surface area contributed by atoms with Crippen LogP contribution in [0.25, 0.3) is 21.9 Å². The predicted molar refractivity (Wildman–Crippen MR) is 140 cm³/mol. The molecule has 5 aromatic rings. The smallest absolute Gasteiger partial charge is 0.141 e. The molecule has 0 radical (unpaired) electrons. The lowest BCUT2D eigenvalue weighted by atomic mass is 10.1. The number of hydrogen-bond donors (Lipinski definition) is 2. The standard InChI is InChI=1S/C27H27N7O/c1-18-13-19(3-8-26(18)35-21-5-7-25-24(15-21)31-17-33(25)2)32-27-22-14-20(34-11-9-28-10-12-34)4-6-23(22)29-16-30-27/h3-8,13-17,28H,9-12H2,1-2H3,(H,29,30,32). The maximum Gasteiger partial charge on any atom is 0.141 e. The summed E-state index contributed by atoms with van der Waals surface area (Å²) in [5.41, 5.74) is 6.07. The molecule has 1 fully saturated rings. The highest BCUT2D eigenvalue weighted by Gasteiger charge is 2.13. The van der Waals surface area contributed by atoms with E-state index in [0.717, 1.165) is 76.7 Å². The van der Waals surface area contributed by atoms with Crippen molar-refractivity contribution in [3.8, 4) is 11.5 Å². The molecule has 2 aromatic heterocycles. The number of ether oxygens (including phenoxy) is 1. The van der Waals surface area contributed by atoms with Gasteiger partial charge in [-0.25, -0.2) is 15.0 Å². The summed E-state index contributed by atoms with van der Waals surface area (Å²) in [4.78, 5) is 15.8. The molecular formula is C27H27N7O. The normalized spacial score (nSPS) is 13.9. The number of nitrogens with one attached hydrogen (secondary N) is 2. The molecule has 1 aliphatic rings. The van der Waals surface area contributed by atoms with Crippen LogP contribution >= 0.6 is 0 Å². The van der Waals surface area contributed by atoms with Crippen molar-refractivity contribution in [3.05, 3.63) is 72.8 Å². The average molecular weight is 466 g/mol. The summed E-state index contributed by atoms with van der Waals surface area (Å²) >= 11 is 0. The van der Waals surface area contributed by atoms with Gasteiger partial charge in [0.05, 0.1) is 22.9 Å². The summed E-state index contributed by atoms with van der Waals surface area (Å²) in [7, 11) is 1.98. The molecule has 0 bridgehead atoms. The molecule has 0 spiro atoms. The second kappa shape index (κ2) is 8.88. The van der Waals surface area contributed by atoms with Crippen LogP contribution in [0.2, 0.25) is 0 Å². The number of rotatable bonds is 5. The Hall–Kier alpha value is -4.17. The summed E-state index contributed by atoms with van der Waals surface area (Å²) in [6, 6.07) is 18.4. The van der Waals surface area contributed by atoms with Crippen molar-refractivity contribution in [1.29, 1.82) is 0 Å². The number of hydrogen-bond acceptors (Lipinski definition) is 7. The fourth-order valence-electron chi connectivity index (χ4n) is 4.55. The fraction of sp³-hybridized carbons (Fsp3) is 0.222. The van der Waals surface area contributed by atoms with E-state index in [9.17, 15) is 0 Å². The summed E-state index contributed by atoms with van der Waals surface area (Å²) in [5, 5.41) is 7.90. The highest BCUT2D eigenvalue weighted by atomic mass is 16.5. The van der Waals surface area contributed by atoms with Crippen molar-refractivity contribution in [2.24, 2.45) is 7.05 Å². The predicted octanol–water partition coefficient (Wildman–Crippen LogP) is 4.77. The van der Waals surface area contributed by atoms with Crippen LogP contribution in [0.5, 0.6) is 11.5 Å². The Morgan fingerprint density at radius 2 is 1.80 bits per heavy atom. The van der Waals surface area contributed by atoms with Gasteiger partial charge in [-0.3, -0.25) is 0 Å². The van der Waals surface area contributed by atoms with Gasteiger partial charge in [-0.05, 0) is 61.0 Å². The second-order valence-corrected chi connectivity index (χ2v) is 8.87. The highest BCUT2D eigenvalue weighted by Crippen LogP contribution is 2.32. The summed E-state index contributed by atoms with van der Waals surface area (Å²) < 4.78 is 8.17. The molecule has 8 heteroatoms. The monoisotopic (exact) mass is 465 g/mol. The van der Waals surface area contributed by atoms with Gasteiger partial charge in [0, 0.05) is 56.1 Å². The molecule has 1 aliphatic heterocycles. The topological polar surface area (TPSA) is 80.1 Å². The van der Waals surface area contributed by atoms with Crippen LogP contribution in [0.3, 0.4) is 0 Å². The third-order valence-corrected chi connectivity index (χ3v) is 6.46. The van der Waals surface area contributed by atoms with Gasteiger partial charge in [-0.15, -0.1) is 0 Å². The minimum atomic E-state index is 0.766. The third-order valence-electron chi connectivity index (χ3n) is 6.46. The Morgan fingerprint density at radius 3 is 2.66 bits per heavy atom. The van der Waals surface area contributed by atoms with Gasteiger partial charge >= 0.3 is 0 Å². The van der Waals surface area contributed by atoms with Crippen LogP contribution in [-0.2, 0) is 7.05 Å². The molecule has 0 atom stereocenters. The van der Waals surface area contributed by atoms with E-state index in [4.69, 9.17) is 4.74 Å². The van der Waals surface area contributed by atoms with Crippen LogP contribution in [0.15, 0.2) is 67.3 Å². The molecule has 0 aliphatic carbocycles. The fourth-order valence-corrected chi connectivity index (χ4v) is 4.55. The molecule has 0 unspecified atom stereocenters. The SMILES string of the molecule is Cc1cc(Nc2ncnc3ccc(N4CCNCC4)cc23)ccc1Oc1ccc2c(c1)ncn2C. The molecule has 3 heterocycles. The number of piperazine rings is 1. The number of fused-ring (bicyclic) bond motifs is 2. The molecule has 1 saturated heterocycles. The van der Waals surface area contributed by atoms with E-state index >= 15 is 0 Å². The van der Waals surface area contributed by atoms with Gasteiger partial charge in [0.25, 0.3) is 0 Å². The zero-order valence-corrected chi connectivity index (χ0v) is 19.8. The zero-order chi connectivity index (χ0) is 23.8. The van der Waals surface area contributed by atoms with Crippen LogP contribution in [0, 0.1) is 6.92 Å². The lowest BCUT2D eigenvalue weighted by molar-refractivity contribution is 0.479. The lowest BCUT2D eigenvalue weighted by Crippen LogP contribution is -2.43. The molecule has 6 rings (SSSR count). The number of aromatic nitrogens is 4. The van der Waals surface area contributed by atoms with E-state index in [0.29, 0.717) is 0 Å². The zero-order valence-electron chi connectivity index (χ0n) is 19.8. The Balaban J connectivity index is 1.25. The summed E-state index contributed by atoms with van der Waals surface area (Å²) in [6.45, 7) is 6.03. The van der Waals surface area contributed by atoms with E-state index in [1.54, 1.807) is 6.33 Å². The largest absolute Gasteiger partial charge is 0.457 e. The number of anilines is 3. The minimum Gasteiger partial charge on any atom is -0.457 e. The van der Waals surface area contributed by atoms with E-state index < -0.39 is 0 Å². The van der Waals surface area contributed by atoms with Crippen molar-refractivity contribution in [2.75, 3.05) is 36.4 Å². The molecule has 3 aromatic carbocycles. The lowest BCUT2D eigenvalue weighted by Gasteiger charge is -2.29. The van der Waals surface area contributed by atoms with Crippen LogP contribution in [0.1, 0.15) is 5.56 Å². The van der Waals surface area contributed by atoms with Gasteiger partial charge in [-0.1, -0.05) is 0 Å². The van der Waals surface area contributed by atoms with Gasteiger partial charge in [0.1, 0.15) is 23.6 Å². The number of benzene rings is 3. The number of aryl methyl sites for hydroxylation is 2. The molecule has 35 heavy (non-hydrogen) atoms. The van der Waals surface area contributed by atoms with E-state index in [-0.39, 0.29) is 0 Å². The van der Waals surface area contributed by atoms with Crippen molar-refractivity contribution >= 4 is 39.1 Å². The van der Waals surface area contributed by atoms with Crippen LogP contribution in [-0.4, -0.2) is 45.7 Å². The van der Waals surface area contributed by atoms with Crippen LogP contribution < -0.4 is 20.3 Å². The molecular weight excluding hydrogens is 438 g/mol. The van der Waals surface area contributed by atoms with Gasteiger partial charge in [0.2, 0.25) is 0 Å². The van der Waals surface area contributed by atoms with Crippen molar-refractivity contribution in [1.82, 2.24) is 24.8 Å². The second-order valence-electron chi connectivity index (χ2n) is 8.87. The maximum absolute atomic E-state index is 6.17. The summed E-state index contributed by atoms with van der Waals surface area (Å²) in [5.74, 6) is 2.36. The Kier molecular flexibility index (Phi) is 5.42. The van der Waals surface area contributed by atoms with Crippen molar-refractivity contribution in [3.63, 3.8) is 0 Å². The van der Waals surface area contributed by atoms with E-state index in [2.05, 4.69) is 54.8 Å². The maximum atomic E-state index is 6.17. The van der Waals surface area contributed by atoms with E-state index in [1.807, 2.05) is 55.2 Å². The Morgan fingerprint density at radius 1 is 0.914 bits per heavy atom. The van der Waals surface area contributed by atoms with Gasteiger partial charge in [-0.2, -0.15) is 0 Å². The Bertz CT molecular complexity index is 1520. The number of imidazole rings is 1. The van der Waals surface area contributed by atoms with Gasteiger partial charge in [0.15, 0.2) is 0 Å². The first-order valence-electron chi connectivity index (χ1n) is 11.8. The molecule has 176 valence electrons. The summed E-state index contributed by atoms with van der Waals surface area (Å²) in [6.07, 6.45) is 3.41. The minimum absolute atomic E-state index is 0.766. The quantitative estimate of drug-likeness (QED) is 0.387. The molecule has 0 saturated carbocycles. The van der Waals surface area contributed by atoms with E-state index in [1.165, 1.54) is 5.69 Å². The first-order valence-corrected chi connectivity index (χ1v) is 11.8. The highest BCUT2D eigenvalue weighted by molar-refractivity contribution is 5.93. The molecule has 0 amide bonds. The Labute approximate surface area is 203 Å². The first-order chi connectivity index (χ1) is 17.1. The van der Waals surface area contributed by atoms with Crippen molar-refractivity contribution in [2.45, 2.75) is 6.92 Å². The molecule has 8 nitrogen and oxygen atoms in total. The average Bonchev–Trinajstić information content (AvgIpc) is 3.26. The number of nitrogens with zero attached hydrogens (tertiary/aromatic N) is 5. The van der Waals surface area contributed by atoms with Crippen LogP contribution in [0.4, 0.5) is 17.2 Å². The third kappa shape index (κ3) is 4.24. The first kappa shape index (κ1) is 21.4. The molecule has 2 N–H and O–H groups in total. The van der Waals surface area contributed by atoms with Gasteiger partial charge < -0.3 is 24.8 Å².